The molecule has 1 heterocycles. The number of nitrogens with zero attached hydrogens (tertiary/aromatic N) is 1. The smallest absolute Gasteiger partial charge is 0.291 e. The van der Waals surface area contributed by atoms with Crippen LogP contribution in [-0.4, -0.2) is 11.0 Å². The van der Waals surface area contributed by atoms with Gasteiger partial charge in [0.15, 0.2) is 0 Å². The van der Waals surface area contributed by atoms with Crippen LogP contribution in [0.3, 0.4) is 0 Å². The van der Waals surface area contributed by atoms with Crippen molar-refractivity contribution in [3.8, 4) is 22.9 Å². The number of nitriles is 1. The zero-order valence-electron chi connectivity index (χ0n) is 13.6. The van der Waals surface area contributed by atoms with Crippen LogP contribution in [0.1, 0.15) is 21.7 Å². The summed E-state index contributed by atoms with van der Waals surface area (Å²) in [5.74, 6) is -1.79. The van der Waals surface area contributed by atoms with Crippen LogP contribution >= 0.6 is 0 Å². The summed E-state index contributed by atoms with van der Waals surface area (Å²) < 4.78 is 4.90. The molecular weight excluding hydrogens is 332 g/mol. The van der Waals surface area contributed by atoms with Crippen molar-refractivity contribution in [1.82, 2.24) is 5.32 Å². The maximum absolute atomic E-state index is 12.0. The lowest BCUT2D eigenvalue weighted by Gasteiger charge is -2.07. The Balaban J connectivity index is 1.67. The van der Waals surface area contributed by atoms with Crippen LogP contribution in [-0.2, 0) is 6.54 Å². The fourth-order valence-electron chi connectivity index (χ4n) is 2.39. The van der Waals surface area contributed by atoms with E-state index in [9.17, 15) is 14.7 Å². The van der Waals surface area contributed by atoms with Gasteiger partial charge in [-0.25, -0.2) is 0 Å². The zero-order valence-corrected chi connectivity index (χ0v) is 13.6. The molecule has 0 bridgehead atoms. The predicted octanol–water partition coefficient (Wildman–Crippen LogP) is 2.81. The third-order valence-corrected chi connectivity index (χ3v) is 3.81. The van der Waals surface area contributed by atoms with Crippen molar-refractivity contribution in [1.29, 1.82) is 5.26 Å². The number of nitrogens with one attached hydrogen (secondary N) is 1. The van der Waals surface area contributed by atoms with Crippen LogP contribution in [0.5, 0.6) is 5.75 Å². The van der Waals surface area contributed by atoms with Gasteiger partial charge >= 0.3 is 0 Å². The third kappa shape index (κ3) is 3.62. The van der Waals surface area contributed by atoms with Crippen LogP contribution in [0.15, 0.2) is 70.1 Å². The lowest BCUT2D eigenvalue weighted by atomic mass is 10.0. The van der Waals surface area contributed by atoms with Crippen molar-refractivity contribution >= 4 is 5.91 Å². The summed E-state index contributed by atoms with van der Waals surface area (Å²) in [6.07, 6.45) is 1.06. The van der Waals surface area contributed by atoms with Crippen molar-refractivity contribution in [3.63, 3.8) is 0 Å². The number of benzene rings is 2. The highest BCUT2D eigenvalue weighted by Gasteiger charge is 2.16. The second-order valence-electron chi connectivity index (χ2n) is 5.53. The third-order valence-electron chi connectivity index (χ3n) is 3.81. The van der Waals surface area contributed by atoms with E-state index in [4.69, 9.17) is 9.68 Å². The normalized spacial score (nSPS) is 10.1. The summed E-state index contributed by atoms with van der Waals surface area (Å²) in [5.41, 5.74) is 2.73. The lowest BCUT2D eigenvalue weighted by Crippen LogP contribution is -2.24. The van der Waals surface area contributed by atoms with Gasteiger partial charge in [-0.1, -0.05) is 36.4 Å². The molecule has 1 amide bonds. The topological polar surface area (TPSA) is 103 Å². The Hall–Kier alpha value is -3.85. The number of rotatable bonds is 4. The van der Waals surface area contributed by atoms with E-state index in [1.54, 1.807) is 12.1 Å². The first kappa shape index (κ1) is 17.0. The Morgan fingerprint density at radius 1 is 1.04 bits per heavy atom. The average Bonchev–Trinajstić information content (AvgIpc) is 2.69. The van der Waals surface area contributed by atoms with Crippen molar-refractivity contribution in [2.45, 2.75) is 6.54 Å². The number of carbonyl (C=O) groups is 1. The molecule has 0 radical (unpaired) electrons. The quantitative estimate of drug-likeness (QED) is 0.756. The number of carbonyl (C=O) groups excluding carboxylic acids is 1. The van der Waals surface area contributed by atoms with Gasteiger partial charge in [0, 0.05) is 12.6 Å². The molecule has 1 aromatic heterocycles. The van der Waals surface area contributed by atoms with Crippen LogP contribution in [0, 0.1) is 11.3 Å². The van der Waals surface area contributed by atoms with E-state index in [1.807, 2.05) is 36.4 Å². The van der Waals surface area contributed by atoms with E-state index in [0.29, 0.717) is 5.56 Å². The highest BCUT2D eigenvalue weighted by Crippen LogP contribution is 2.20. The van der Waals surface area contributed by atoms with Gasteiger partial charge in [-0.05, 0) is 28.8 Å². The minimum absolute atomic E-state index is 0.213. The molecule has 6 nitrogen and oxygen atoms in total. The van der Waals surface area contributed by atoms with Gasteiger partial charge in [0.25, 0.3) is 5.91 Å². The predicted molar refractivity (Wildman–Crippen MR) is 94.4 cm³/mol. The van der Waals surface area contributed by atoms with Crippen molar-refractivity contribution in [2.24, 2.45) is 0 Å². The molecule has 0 aliphatic carbocycles. The summed E-state index contributed by atoms with van der Waals surface area (Å²) in [4.78, 5) is 23.3. The number of hydrogen-bond acceptors (Lipinski definition) is 5. The monoisotopic (exact) mass is 346 g/mol. The molecule has 6 heteroatoms. The summed E-state index contributed by atoms with van der Waals surface area (Å²) in [5, 5.41) is 21.0. The first-order valence-corrected chi connectivity index (χ1v) is 7.77. The Labute approximate surface area is 149 Å². The molecule has 2 N–H and O–H groups in total. The molecule has 26 heavy (non-hydrogen) atoms. The fraction of sp³-hybridized carbons (Fsp3) is 0.0500. The van der Waals surface area contributed by atoms with Crippen molar-refractivity contribution in [3.05, 3.63) is 88.0 Å². The van der Waals surface area contributed by atoms with E-state index < -0.39 is 22.8 Å². The van der Waals surface area contributed by atoms with Crippen LogP contribution in [0.2, 0.25) is 0 Å². The van der Waals surface area contributed by atoms with Gasteiger partial charge in [-0.3, -0.25) is 9.59 Å². The maximum Gasteiger partial charge on any atom is 0.291 e. The molecule has 0 fully saturated rings. The van der Waals surface area contributed by atoms with Crippen LogP contribution < -0.4 is 10.7 Å². The Morgan fingerprint density at radius 2 is 1.65 bits per heavy atom. The molecule has 0 spiro atoms. The molecule has 0 atom stereocenters. The molecule has 0 unspecified atom stereocenters. The van der Waals surface area contributed by atoms with Crippen LogP contribution in [0.25, 0.3) is 11.1 Å². The highest BCUT2D eigenvalue weighted by molar-refractivity contribution is 5.93. The van der Waals surface area contributed by atoms with Gasteiger partial charge in [0.2, 0.25) is 16.9 Å². The zero-order chi connectivity index (χ0) is 18.5. The minimum Gasteiger partial charge on any atom is -0.501 e. The Kier molecular flexibility index (Phi) is 4.81. The summed E-state index contributed by atoms with van der Waals surface area (Å²) in [6, 6.07) is 17.9. The van der Waals surface area contributed by atoms with Gasteiger partial charge in [0.1, 0.15) is 0 Å². The molecule has 0 saturated heterocycles. The van der Waals surface area contributed by atoms with E-state index in [-0.39, 0.29) is 6.54 Å². The first-order valence-electron chi connectivity index (χ1n) is 7.77. The highest BCUT2D eigenvalue weighted by atomic mass is 16.4. The van der Waals surface area contributed by atoms with Gasteiger partial charge in [-0.15, -0.1) is 0 Å². The standard InChI is InChI=1S/C20H14N2O4/c21-11-13-1-5-15(6-2-13)16-7-3-14(4-8-16)12-22-20(25)19-18(24)17(23)9-10-26-19/h1-10,24H,12H2,(H,22,25). The molecule has 128 valence electrons. The molecular formula is C20H14N2O4. The number of aromatic hydroxyl groups is 1. The van der Waals surface area contributed by atoms with Crippen molar-refractivity contribution < 1.29 is 14.3 Å². The van der Waals surface area contributed by atoms with Crippen molar-refractivity contribution in [2.75, 3.05) is 0 Å². The minimum atomic E-state index is -0.707. The lowest BCUT2D eigenvalue weighted by molar-refractivity contribution is 0.0915. The summed E-state index contributed by atoms with van der Waals surface area (Å²) in [6.45, 7) is 0.213. The van der Waals surface area contributed by atoms with E-state index in [0.717, 1.165) is 29.0 Å². The van der Waals surface area contributed by atoms with Gasteiger partial charge < -0.3 is 14.8 Å². The molecule has 3 rings (SSSR count). The van der Waals surface area contributed by atoms with Gasteiger partial charge in [-0.2, -0.15) is 5.26 Å². The Morgan fingerprint density at radius 3 is 2.27 bits per heavy atom. The average molecular weight is 346 g/mol. The number of hydrogen-bond donors (Lipinski definition) is 2. The fourth-order valence-corrected chi connectivity index (χ4v) is 2.39. The molecule has 2 aromatic carbocycles. The largest absolute Gasteiger partial charge is 0.501 e. The van der Waals surface area contributed by atoms with Crippen LogP contribution in [0.4, 0.5) is 0 Å². The second kappa shape index (κ2) is 7.36. The summed E-state index contributed by atoms with van der Waals surface area (Å²) in [7, 11) is 0. The summed E-state index contributed by atoms with van der Waals surface area (Å²) >= 11 is 0. The van der Waals surface area contributed by atoms with E-state index in [1.165, 1.54) is 0 Å². The van der Waals surface area contributed by atoms with E-state index >= 15 is 0 Å². The molecule has 0 aliphatic heterocycles. The van der Waals surface area contributed by atoms with Gasteiger partial charge in [0.05, 0.1) is 17.9 Å². The maximum atomic E-state index is 12.0. The molecule has 0 aliphatic rings. The number of amides is 1. The van der Waals surface area contributed by atoms with E-state index in [2.05, 4.69) is 11.4 Å². The molecule has 0 saturated carbocycles. The first-order chi connectivity index (χ1) is 12.6. The Bertz CT molecular complexity index is 1030. The SMILES string of the molecule is N#Cc1ccc(-c2ccc(CNC(=O)c3occc(=O)c3O)cc2)cc1. The second-order valence-corrected chi connectivity index (χ2v) is 5.53. The molecule has 3 aromatic rings.